The van der Waals surface area contributed by atoms with Crippen molar-refractivity contribution in [3.05, 3.63) is 67.1 Å². The van der Waals surface area contributed by atoms with Gasteiger partial charge in [-0.2, -0.15) is 0 Å². The van der Waals surface area contributed by atoms with Gasteiger partial charge in [0.1, 0.15) is 11.6 Å². The maximum Gasteiger partial charge on any atom is 0.387 e. The van der Waals surface area contributed by atoms with Crippen molar-refractivity contribution in [3.63, 3.8) is 0 Å². The van der Waals surface area contributed by atoms with Gasteiger partial charge in [0, 0.05) is 0 Å². The molecule has 2 rings (SSSR count). The third kappa shape index (κ3) is 4.08. The Morgan fingerprint density at radius 3 is 1.33 bits per heavy atom. The van der Waals surface area contributed by atoms with Gasteiger partial charge < -0.3 is 0 Å². The van der Waals surface area contributed by atoms with Gasteiger partial charge in [-0.1, -0.05) is 46.4 Å². The van der Waals surface area contributed by atoms with Crippen LogP contribution in [0, 0.1) is 11.6 Å². The van der Waals surface area contributed by atoms with E-state index in [0.717, 1.165) is 12.1 Å². The van der Waals surface area contributed by atoms with Gasteiger partial charge in [-0.15, -0.1) is 0 Å². The molecule has 24 heavy (non-hydrogen) atoms. The fraction of sp³-hybridized carbons (Fsp3) is 0. The highest BCUT2D eigenvalue weighted by atomic mass is 35.5. The first-order valence-electron chi connectivity index (χ1n) is 5.93. The van der Waals surface area contributed by atoms with Crippen molar-refractivity contribution in [2.45, 2.75) is 0 Å². The molecule has 0 aliphatic carbocycles. The van der Waals surface area contributed by atoms with Crippen LogP contribution < -0.4 is 0 Å². The first-order valence-corrected chi connectivity index (χ1v) is 7.44. The minimum Gasteiger partial charge on any atom is -0.241 e. The summed E-state index contributed by atoms with van der Waals surface area (Å²) in [6.45, 7) is 0. The molecule has 0 fully saturated rings. The van der Waals surface area contributed by atoms with Gasteiger partial charge in [0.05, 0.1) is 31.2 Å². The van der Waals surface area contributed by atoms with E-state index in [4.69, 9.17) is 46.4 Å². The topological polar surface area (TPSA) is 52.6 Å². The number of carbonyl (C=O) groups excluding carboxylic acids is 2. The molecule has 4 nitrogen and oxygen atoms in total. The second kappa shape index (κ2) is 7.53. The minimum atomic E-state index is -1.27. The average Bonchev–Trinajstić information content (AvgIpc) is 2.51. The second-order valence-electron chi connectivity index (χ2n) is 4.23. The van der Waals surface area contributed by atoms with Crippen molar-refractivity contribution in [1.82, 2.24) is 0 Å². The van der Waals surface area contributed by atoms with E-state index in [-0.39, 0.29) is 20.1 Å². The highest BCUT2D eigenvalue weighted by Gasteiger charge is 2.21. The third-order valence-electron chi connectivity index (χ3n) is 2.65. The molecule has 0 saturated carbocycles. The summed E-state index contributed by atoms with van der Waals surface area (Å²) < 4.78 is 26.7. The molecule has 0 aliphatic rings. The molecule has 0 heterocycles. The molecule has 2 aromatic rings. The van der Waals surface area contributed by atoms with Gasteiger partial charge in [-0.3, -0.25) is 0 Å². The van der Waals surface area contributed by atoms with Crippen LogP contribution >= 0.6 is 46.4 Å². The van der Waals surface area contributed by atoms with Crippen LogP contribution in [0.2, 0.25) is 20.1 Å². The molecule has 0 unspecified atom stereocenters. The van der Waals surface area contributed by atoms with Gasteiger partial charge in [0.25, 0.3) is 0 Å². The Morgan fingerprint density at radius 2 is 1.00 bits per heavy atom. The Bertz CT molecular complexity index is 773. The molecule has 10 heteroatoms. The zero-order valence-electron chi connectivity index (χ0n) is 11.2. The summed E-state index contributed by atoms with van der Waals surface area (Å²) in [5.74, 6) is -4.40. The van der Waals surface area contributed by atoms with Crippen LogP contribution in [-0.2, 0) is 9.78 Å². The molecule has 0 aliphatic heterocycles. The van der Waals surface area contributed by atoms with E-state index in [0.29, 0.717) is 12.1 Å². The highest BCUT2D eigenvalue weighted by molar-refractivity contribution is 6.37. The van der Waals surface area contributed by atoms with E-state index in [1.165, 1.54) is 0 Å². The molecule has 0 saturated heterocycles. The lowest BCUT2D eigenvalue weighted by Gasteiger charge is -2.07. The molecule has 126 valence electrons. The number of hydrogen-bond donors (Lipinski definition) is 0. The standard InChI is InChI=1S/C14H4Cl4F2O4/c15-7-3-9(17)11(19)1-5(7)13(21)23-24-14(22)6-2-12(20)10(18)4-8(6)16/h1-4H. The molecule has 0 atom stereocenters. The van der Waals surface area contributed by atoms with Crippen LogP contribution in [0.4, 0.5) is 8.78 Å². The lowest BCUT2D eigenvalue weighted by Crippen LogP contribution is -2.13. The second-order valence-corrected chi connectivity index (χ2v) is 5.86. The smallest absolute Gasteiger partial charge is 0.241 e. The van der Waals surface area contributed by atoms with E-state index in [1.807, 2.05) is 0 Å². The maximum absolute atomic E-state index is 13.3. The fourth-order valence-electron chi connectivity index (χ4n) is 1.52. The van der Waals surface area contributed by atoms with Gasteiger partial charge in [0.2, 0.25) is 0 Å². The zero-order valence-corrected chi connectivity index (χ0v) is 14.2. The molecule has 0 spiro atoms. The van der Waals surface area contributed by atoms with Crippen LogP contribution in [0.5, 0.6) is 0 Å². The Hall–Kier alpha value is -1.60. The van der Waals surface area contributed by atoms with Crippen molar-refractivity contribution in [1.29, 1.82) is 0 Å². The Balaban J connectivity index is 2.13. The number of halogens is 6. The molecule has 2 aromatic carbocycles. The number of hydrogen-bond acceptors (Lipinski definition) is 4. The van der Waals surface area contributed by atoms with Crippen LogP contribution in [0.25, 0.3) is 0 Å². The Labute approximate surface area is 153 Å². The summed E-state index contributed by atoms with van der Waals surface area (Å²) in [4.78, 5) is 32.0. The van der Waals surface area contributed by atoms with Crippen molar-refractivity contribution >= 4 is 58.3 Å². The Kier molecular flexibility index (Phi) is 5.87. The zero-order chi connectivity index (χ0) is 18.0. The summed E-state index contributed by atoms with van der Waals surface area (Å²) in [7, 11) is 0. The fourth-order valence-corrected chi connectivity index (χ4v) is 2.44. The van der Waals surface area contributed by atoms with Crippen LogP contribution in [0.1, 0.15) is 20.7 Å². The predicted octanol–water partition coefficient (Wildman–Crippen LogP) is 5.51. The van der Waals surface area contributed by atoms with Crippen molar-refractivity contribution < 1.29 is 28.1 Å². The number of benzene rings is 2. The summed E-state index contributed by atoms with van der Waals surface area (Å²) >= 11 is 22.4. The van der Waals surface area contributed by atoms with Crippen LogP contribution in [0.15, 0.2) is 24.3 Å². The quantitative estimate of drug-likeness (QED) is 0.368. The van der Waals surface area contributed by atoms with Crippen LogP contribution in [0.3, 0.4) is 0 Å². The average molecular weight is 416 g/mol. The lowest BCUT2D eigenvalue weighted by molar-refractivity contribution is -0.187. The molecule has 0 amide bonds. The van der Waals surface area contributed by atoms with E-state index in [9.17, 15) is 18.4 Å². The molecular formula is C14H4Cl4F2O4. The summed E-state index contributed by atoms with van der Waals surface area (Å²) in [6.07, 6.45) is 0. The number of carbonyl (C=O) groups is 2. The third-order valence-corrected chi connectivity index (χ3v) is 3.86. The Morgan fingerprint density at radius 1 is 0.667 bits per heavy atom. The predicted molar refractivity (Wildman–Crippen MR) is 83.7 cm³/mol. The van der Waals surface area contributed by atoms with Gasteiger partial charge >= 0.3 is 11.9 Å². The summed E-state index contributed by atoms with van der Waals surface area (Å²) in [6, 6.07) is 3.36. The maximum atomic E-state index is 13.3. The molecule has 0 bridgehead atoms. The van der Waals surface area contributed by atoms with Crippen molar-refractivity contribution in [3.8, 4) is 0 Å². The minimum absolute atomic E-state index is 0.224. The van der Waals surface area contributed by atoms with E-state index in [2.05, 4.69) is 9.78 Å². The lowest BCUT2D eigenvalue weighted by atomic mass is 10.2. The molecule has 0 radical (unpaired) electrons. The normalized spacial score (nSPS) is 10.4. The summed E-state index contributed by atoms with van der Waals surface area (Å²) in [5.41, 5.74) is -0.862. The van der Waals surface area contributed by atoms with Crippen LogP contribution in [-0.4, -0.2) is 11.9 Å². The highest BCUT2D eigenvalue weighted by Crippen LogP contribution is 2.26. The van der Waals surface area contributed by atoms with Gasteiger partial charge in [0.15, 0.2) is 0 Å². The first kappa shape index (κ1) is 18.7. The monoisotopic (exact) mass is 414 g/mol. The molecule has 0 N–H and O–H groups in total. The van der Waals surface area contributed by atoms with Crippen molar-refractivity contribution in [2.75, 3.05) is 0 Å². The van der Waals surface area contributed by atoms with Gasteiger partial charge in [-0.05, 0) is 24.3 Å². The van der Waals surface area contributed by atoms with E-state index >= 15 is 0 Å². The van der Waals surface area contributed by atoms with E-state index in [1.54, 1.807) is 0 Å². The molecule has 0 aromatic heterocycles. The summed E-state index contributed by atoms with van der Waals surface area (Å²) in [5, 5.41) is -1.06. The van der Waals surface area contributed by atoms with E-state index < -0.39 is 34.7 Å². The largest absolute Gasteiger partial charge is 0.387 e. The molecular weight excluding hydrogens is 412 g/mol. The van der Waals surface area contributed by atoms with Crippen molar-refractivity contribution in [2.24, 2.45) is 0 Å². The first-order chi connectivity index (χ1) is 11.2. The number of rotatable bonds is 2. The van der Waals surface area contributed by atoms with Gasteiger partial charge in [-0.25, -0.2) is 28.1 Å². The SMILES string of the molecule is O=C(OOC(=O)c1cc(F)c(Cl)cc1Cl)c1cc(F)c(Cl)cc1Cl.